The number of anilines is 1. The first-order chi connectivity index (χ1) is 12.2. The summed E-state index contributed by atoms with van der Waals surface area (Å²) in [5.74, 6) is 1.85. The summed E-state index contributed by atoms with van der Waals surface area (Å²) in [6, 6.07) is 14.7. The molecule has 6 heteroatoms. The minimum absolute atomic E-state index is 0.140. The molecule has 0 unspecified atom stereocenters. The van der Waals surface area contributed by atoms with E-state index in [9.17, 15) is 4.79 Å². The van der Waals surface area contributed by atoms with Crippen LogP contribution < -0.4 is 10.1 Å². The van der Waals surface area contributed by atoms with Crippen molar-refractivity contribution in [3.63, 3.8) is 0 Å². The molecule has 0 bridgehead atoms. The standard InChI is InChI=1S/C19H17N3O2S/c1-25-13-14-2-4-15(5-3-14)19(23)22-16-6-8-17(9-7-16)24-18-12-20-10-11-21-18/h2-12H,13H2,1H3,(H,22,23). The first kappa shape index (κ1) is 17.0. The van der Waals surface area contributed by atoms with Crippen LogP contribution in [-0.2, 0) is 5.75 Å². The van der Waals surface area contributed by atoms with Crippen LogP contribution in [0.25, 0.3) is 0 Å². The molecule has 3 aromatic rings. The molecule has 1 amide bonds. The maximum absolute atomic E-state index is 12.3. The van der Waals surface area contributed by atoms with E-state index in [2.05, 4.69) is 21.5 Å². The normalized spacial score (nSPS) is 10.3. The molecule has 0 saturated heterocycles. The maximum Gasteiger partial charge on any atom is 0.255 e. The predicted octanol–water partition coefficient (Wildman–Crippen LogP) is 4.38. The third-order valence-electron chi connectivity index (χ3n) is 3.40. The van der Waals surface area contributed by atoms with Gasteiger partial charge in [0, 0.05) is 29.4 Å². The van der Waals surface area contributed by atoms with Crippen LogP contribution in [0.5, 0.6) is 11.6 Å². The number of benzene rings is 2. The third kappa shape index (κ3) is 4.81. The Labute approximate surface area is 150 Å². The predicted molar refractivity (Wildman–Crippen MR) is 100 cm³/mol. The van der Waals surface area contributed by atoms with E-state index in [-0.39, 0.29) is 5.91 Å². The number of carbonyl (C=O) groups excluding carboxylic acids is 1. The van der Waals surface area contributed by atoms with Gasteiger partial charge < -0.3 is 10.1 Å². The fourth-order valence-corrected chi connectivity index (χ4v) is 2.71. The van der Waals surface area contributed by atoms with Crippen LogP contribution in [0.4, 0.5) is 5.69 Å². The molecule has 0 atom stereocenters. The minimum atomic E-state index is -0.140. The van der Waals surface area contributed by atoms with Crippen LogP contribution in [0.2, 0.25) is 0 Å². The summed E-state index contributed by atoms with van der Waals surface area (Å²) in [6.45, 7) is 0. The number of hydrogen-bond donors (Lipinski definition) is 1. The Kier molecular flexibility index (Phi) is 5.64. The van der Waals surface area contributed by atoms with Crippen LogP contribution in [-0.4, -0.2) is 22.1 Å². The highest BCUT2D eigenvalue weighted by Gasteiger charge is 2.06. The molecule has 5 nitrogen and oxygen atoms in total. The SMILES string of the molecule is CSCc1ccc(C(=O)Nc2ccc(Oc3cnccn3)cc2)cc1. The van der Waals surface area contributed by atoms with Crippen molar-refractivity contribution in [2.45, 2.75) is 5.75 Å². The van der Waals surface area contributed by atoms with Gasteiger partial charge in [0.25, 0.3) is 5.91 Å². The van der Waals surface area contributed by atoms with Gasteiger partial charge in [0.1, 0.15) is 5.75 Å². The van der Waals surface area contributed by atoms with Crippen molar-refractivity contribution >= 4 is 23.4 Å². The number of carbonyl (C=O) groups is 1. The van der Waals surface area contributed by atoms with Crippen LogP contribution in [0.15, 0.2) is 67.1 Å². The maximum atomic E-state index is 12.3. The van der Waals surface area contributed by atoms with Crippen molar-refractivity contribution in [3.8, 4) is 11.6 Å². The van der Waals surface area contributed by atoms with E-state index >= 15 is 0 Å². The number of aromatic nitrogens is 2. The molecule has 126 valence electrons. The van der Waals surface area contributed by atoms with E-state index in [1.165, 1.54) is 11.8 Å². The molecule has 1 aromatic heterocycles. The summed E-state index contributed by atoms with van der Waals surface area (Å²) >= 11 is 1.75. The summed E-state index contributed by atoms with van der Waals surface area (Å²) in [5, 5.41) is 2.87. The summed E-state index contributed by atoms with van der Waals surface area (Å²) in [7, 11) is 0. The van der Waals surface area contributed by atoms with E-state index < -0.39 is 0 Å². The van der Waals surface area contributed by atoms with E-state index in [1.54, 1.807) is 48.4 Å². The zero-order valence-electron chi connectivity index (χ0n) is 13.7. The second-order valence-electron chi connectivity index (χ2n) is 5.25. The highest BCUT2D eigenvalue weighted by molar-refractivity contribution is 7.97. The van der Waals surface area contributed by atoms with Gasteiger partial charge in [-0.2, -0.15) is 11.8 Å². The van der Waals surface area contributed by atoms with Crippen molar-refractivity contribution < 1.29 is 9.53 Å². The van der Waals surface area contributed by atoms with E-state index in [0.717, 1.165) is 5.75 Å². The van der Waals surface area contributed by atoms with Crippen LogP contribution in [0, 0.1) is 0 Å². The largest absolute Gasteiger partial charge is 0.438 e. The Bertz CT molecular complexity index is 822. The molecule has 0 aliphatic heterocycles. The van der Waals surface area contributed by atoms with Gasteiger partial charge in [-0.3, -0.25) is 9.78 Å². The van der Waals surface area contributed by atoms with Crippen molar-refractivity contribution in [2.75, 3.05) is 11.6 Å². The van der Waals surface area contributed by atoms with Gasteiger partial charge in [-0.25, -0.2) is 4.98 Å². The molecule has 0 aliphatic carbocycles. The van der Waals surface area contributed by atoms with Gasteiger partial charge in [-0.1, -0.05) is 12.1 Å². The first-order valence-electron chi connectivity index (χ1n) is 7.68. The molecule has 25 heavy (non-hydrogen) atoms. The van der Waals surface area contributed by atoms with E-state index in [4.69, 9.17) is 4.74 Å². The quantitative estimate of drug-likeness (QED) is 0.714. The topological polar surface area (TPSA) is 64.1 Å². The molecular formula is C19H17N3O2S. The van der Waals surface area contributed by atoms with Gasteiger partial charge in [0.05, 0.1) is 6.20 Å². The first-order valence-corrected chi connectivity index (χ1v) is 9.07. The summed E-state index contributed by atoms with van der Waals surface area (Å²) in [5.41, 5.74) is 2.53. The van der Waals surface area contributed by atoms with Crippen LogP contribution in [0.3, 0.4) is 0 Å². The zero-order chi connectivity index (χ0) is 17.5. The molecule has 0 aliphatic rings. The number of thioether (sulfide) groups is 1. The molecule has 1 heterocycles. The van der Waals surface area contributed by atoms with Gasteiger partial charge in [0.15, 0.2) is 0 Å². The van der Waals surface area contributed by atoms with E-state index in [0.29, 0.717) is 22.9 Å². The third-order valence-corrected chi connectivity index (χ3v) is 4.02. The minimum Gasteiger partial charge on any atom is -0.438 e. The number of hydrogen-bond acceptors (Lipinski definition) is 5. The number of ether oxygens (including phenoxy) is 1. The number of nitrogens with one attached hydrogen (secondary N) is 1. The number of nitrogens with zero attached hydrogens (tertiary/aromatic N) is 2. The van der Waals surface area contributed by atoms with Crippen molar-refractivity contribution in [2.24, 2.45) is 0 Å². The second-order valence-corrected chi connectivity index (χ2v) is 6.12. The van der Waals surface area contributed by atoms with Gasteiger partial charge in [-0.15, -0.1) is 0 Å². The number of amides is 1. The Morgan fingerprint density at radius 3 is 2.48 bits per heavy atom. The van der Waals surface area contributed by atoms with Crippen molar-refractivity contribution in [3.05, 3.63) is 78.2 Å². The molecular weight excluding hydrogens is 334 g/mol. The second kappa shape index (κ2) is 8.30. The van der Waals surface area contributed by atoms with Crippen molar-refractivity contribution in [1.29, 1.82) is 0 Å². The smallest absolute Gasteiger partial charge is 0.255 e. The van der Waals surface area contributed by atoms with Gasteiger partial charge >= 0.3 is 0 Å². The summed E-state index contributed by atoms with van der Waals surface area (Å²) < 4.78 is 5.57. The lowest BCUT2D eigenvalue weighted by molar-refractivity contribution is 0.102. The molecule has 1 N–H and O–H groups in total. The van der Waals surface area contributed by atoms with Gasteiger partial charge in [-0.05, 0) is 48.2 Å². The average Bonchev–Trinajstić information content (AvgIpc) is 2.65. The highest BCUT2D eigenvalue weighted by Crippen LogP contribution is 2.21. The Morgan fingerprint density at radius 1 is 1.08 bits per heavy atom. The van der Waals surface area contributed by atoms with Crippen LogP contribution >= 0.6 is 11.8 Å². The van der Waals surface area contributed by atoms with E-state index in [1.807, 2.05) is 24.3 Å². The highest BCUT2D eigenvalue weighted by atomic mass is 32.2. The molecule has 2 aromatic carbocycles. The Hall–Kier alpha value is -2.86. The summed E-state index contributed by atoms with van der Waals surface area (Å²) in [6.07, 6.45) is 6.74. The molecule has 0 radical (unpaired) electrons. The monoisotopic (exact) mass is 351 g/mol. The summed E-state index contributed by atoms with van der Waals surface area (Å²) in [4.78, 5) is 20.3. The Morgan fingerprint density at radius 2 is 1.84 bits per heavy atom. The fourth-order valence-electron chi connectivity index (χ4n) is 2.19. The lowest BCUT2D eigenvalue weighted by atomic mass is 10.1. The lowest BCUT2D eigenvalue weighted by Gasteiger charge is -2.08. The van der Waals surface area contributed by atoms with Crippen LogP contribution in [0.1, 0.15) is 15.9 Å². The molecule has 3 rings (SSSR count). The molecule has 0 saturated carbocycles. The molecule has 0 fully saturated rings. The van der Waals surface area contributed by atoms with Gasteiger partial charge in [0.2, 0.25) is 5.88 Å². The lowest BCUT2D eigenvalue weighted by Crippen LogP contribution is -2.11. The Balaban J connectivity index is 1.61. The van der Waals surface area contributed by atoms with Crippen molar-refractivity contribution in [1.82, 2.24) is 9.97 Å². The molecule has 0 spiro atoms. The zero-order valence-corrected chi connectivity index (χ0v) is 14.5. The number of rotatable bonds is 6. The fraction of sp³-hybridized carbons (Fsp3) is 0.105. The average molecular weight is 351 g/mol.